The van der Waals surface area contributed by atoms with Gasteiger partial charge in [0.25, 0.3) is 0 Å². The summed E-state index contributed by atoms with van der Waals surface area (Å²) in [5.41, 5.74) is 1.31. The lowest BCUT2D eigenvalue weighted by atomic mass is 10.1. The minimum Gasteiger partial charge on any atom is -0.486 e. The van der Waals surface area contributed by atoms with Crippen LogP contribution in [0.15, 0.2) is 47.4 Å². The van der Waals surface area contributed by atoms with Crippen LogP contribution in [0.2, 0.25) is 0 Å². The van der Waals surface area contributed by atoms with Crippen molar-refractivity contribution in [3.8, 4) is 11.5 Å². The normalized spacial score (nSPS) is 14.5. The first-order chi connectivity index (χ1) is 12.3. The van der Waals surface area contributed by atoms with Crippen molar-refractivity contribution in [3.63, 3.8) is 0 Å². The number of carbonyl (C=O) groups is 1. The molecule has 1 heterocycles. The Hall–Kier alpha value is -2.58. The van der Waals surface area contributed by atoms with E-state index in [-0.39, 0.29) is 10.8 Å². The van der Waals surface area contributed by atoms with Crippen LogP contribution < -0.4 is 19.5 Å². The van der Waals surface area contributed by atoms with Crippen LogP contribution in [-0.4, -0.2) is 27.5 Å². The second-order valence-electron chi connectivity index (χ2n) is 5.95. The zero-order chi connectivity index (χ0) is 18.7. The van der Waals surface area contributed by atoms with E-state index in [4.69, 9.17) is 9.47 Å². The van der Waals surface area contributed by atoms with E-state index in [2.05, 4.69) is 10.0 Å². The quantitative estimate of drug-likeness (QED) is 0.836. The fourth-order valence-electron chi connectivity index (χ4n) is 2.62. The molecule has 1 amide bonds. The molecule has 0 bridgehead atoms. The Balaban J connectivity index is 1.75. The van der Waals surface area contributed by atoms with Gasteiger partial charge in [-0.3, -0.25) is 4.79 Å². The molecule has 0 aliphatic carbocycles. The predicted octanol–water partition coefficient (Wildman–Crippen LogP) is 2.46. The van der Waals surface area contributed by atoms with Crippen LogP contribution in [0, 0.1) is 0 Å². The topological polar surface area (TPSA) is 93.7 Å². The second-order valence-corrected chi connectivity index (χ2v) is 7.67. The third kappa shape index (κ3) is 4.14. The van der Waals surface area contributed by atoms with E-state index < -0.39 is 16.1 Å². The molecular formula is C18H20N2O5S. The van der Waals surface area contributed by atoms with E-state index in [1.807, 2.05) is 0 Å². The minimum absolute atomic E-state index is 0.121. The number of amides is 1. The van der Waals surface area contributed by atoms with Gasteiger partial charge < -0.3 is 14.8 Å². The highest BCUT2D eigenvalue weighted by atomic mass is 32.2. The number of sulfonamides is 1. The average molecular weight is 376 g/mol. The first-order valence-corrected chi connectivity index (χ1v) is 9.63. The molecule has 8 heteroatoms. The molecule has 2 N–H and O–H groups in total. The number of rotatable bonds is 5. The van der Waals surface area contributed by atoms with Crippen molar-refractivity contribution in [1.82, 2.24) is 4.72 Å². The summed E-state index contributed by atoms with van der Waals surface area (Å²) < 4.78 is 38.8. The van der Waals surface area contributed by atoms with Gasteiger partial charge in [0.1, 0.15) is 13.2 Å². The number of hydrogen-bond acceptors (Lipinski definition) is 5. The Kier molecular flexibility index (Phi) is 5.15. The maximum absolute atomic E-state index is 12.6. The van der Waals surface area contributed by atoms with E-state index >= 15 is 0 Å². The van der Waals surface area contributed by atoms with E-state index in [9.17, 15) is 13.2 Å². The molecule has 1 unspecified atom stereocenters. The summed E-state index contributed by atoms with van der Waals surface area (Å²) in [7, 11) is -3.71. The maximum atomic E-state index is 12.6. The van der Waals surface area contributed by atoms with Crippen LogP contribution in [0.1, 0.15) is 25.5 Å². The zero-order valence-corrected chi connectivity index (χ0v) is 15.3. The third-order valence-electron chi connectivity index (χ3n) is 3.88. The monoisotopic (exact) mass is 376 g/mol. The summed E-state index contributed by atoms with van der Waals surface area (Å²) in [5, 5.41) is 2.60. The Morgan fingerprint density at radius 2 is 1.69 bits per heavy atom. The third-order valence-corrected chi connectivity index (χ3v) is 5.44. The van der Waals surface area contributed by atoms with Crippen molar-refractivity contribution in [2.24, 2.45) is 0 Å². The number of ether oxygens (including phenoxy) is 2. The van der Waals surface area contributed by atoms with E-state index in [0.717, 1.165) is 5.56 Å². The molecule has 0 spiro atoms. The smallest absolute Gasteiger partial charge is 0.241 e. The molecule has 1 aliphatic rings. The molecule has 1 atom stereocenters. The van der Waals surface area contributed by atoms with Gasteiger partial charge in [0.15, 0.2) is 11.5 Å². The lowest BCUT2D eigenvalue weighted by Crippen LogP contribution is -2.27. The maximum Gasteiger partial charge on any atom is 0.241 e. The molecular weight excluding hydrogens is 356 g/mol. The highest BCUT2D eigenvalue weighted by Gasteiger charge is 2.20. The Bertz CT molecular complexity index is 910. The number of anilines is 1. The largest absolute Gasteiger partial charge is 0.486 e. The first kappa shape index (κ1) is 18.2. The van der Waals surface area contributed by atoms with E-state index in [1.165, 1.54) is 19.1 Å². The van der Waals surface area contributed by atoms with Crippen molar-refractivity contribution >= 4 is 21.6 Å². The highest BCUT2D eigenvalue weighted by Crippen LogP contribution is 2.33. The summed E-state index contributed by atoms with van der Waals surface area (Å²) in [6.45, 7) is 4.12. The van der Waals surface area contributed by atoms with Crippen LogP contribution in [0.5, 0.6) is 11.5 Å². The number of benzene rings is 2. The number of fused-ring (bicyclic) bond motifs is 1. The molecule has 138 valence electrons. The highest BCUT2D eigenvalue weighted by molar-refractivity contribution is 7.89. The van der Waals surface area contributed by atoms with Crippen LogP contribution in [0.4, 0.5) is 5.69 Å². The molecule has 0 aromatic heterocycles. The molecule has 0 fully saturated rings. The van der Waals surface area contributed by atoms with E-state index in [0.29, 0.717) is 30.4 Å². The van der Waals surface area contributed by atoms with Crippen molar-refractivity contribution in [3.05, 3.63) is 48.0 Å². The van der Waals surface area contributed by atoms with Gasteiger partial charge in [0, 0.05) is 18.7 Å². The first-order valence-electron chi connectivity index (χ1n) is 8.15. The Labute approximate surface area is 152 Å². The molecule has 0 radical (unpaired) electrons. The van der Waals surface area contributed by atoms with Crippen molar-refractivity contribution in [1.29, 1.82) is 0 Å². The van der Waals surface area contributed by atoms with Crippen molar-refractivity contribution < 1.29 is 22.7 Å². The molecule has 0 saturated carbocycles. The predicted molar refractivity (Wildman–Crippen MR) is 96.9 cm³/mol. The van der Waals surface area contributed by atoms with Crippen LogP contribution in [0.3, 0.4) is 0 Å². The lowest BCUT2D eigenvalue weighted by molar-refractivity contribution is -0.114. The number of hydrogen-bond donors (Lipinski definition) is 2. The van der Waals surface area contributed by atoms with Crippen LogP contribution in [-0.2, 0) is 14.8 Å². The standard InChI is InChI=1S/C18H20N2O5S/c1-12(14-3-8-17-18(11-14)25-10-9-24-17)20-26(22,23)16-6-4-15(5-7-16)19-13(2)21/h3-8,11-12,20H,9-10H2,1-2H3,(H,19,21). The fourth-order valence-corrected chi connectivity index (χ4v) is 3.85. The SMILES string of the molecule is CC(=O)Nc1ccc(S(=O)(=O)NC(C)c2ccc3c(c2)OCCO3)cc1. The van der Waals surface area contributed by atoms with Gasteiger partial charge in [-0.25, -0.2) is 13.1 Å². The van der Waals surface area contributed by atoms with Crippen molar-refractivity contribution in [2.75, 3.05) is 18.5 Å². The fraction of sp³-hybridized carbons (Fsp3) is 0.278. The molecule has 2 aromatic rings. The van der Waals surface area contributed by atoms with Crippen molar-refractivity contribution in [2.45, 2.75) is 24.8 Å². The number of carbonyl (C=O) groups excluding carboxylic acids is 1. The molecule has 3 rings (SSSR count). The molecule has 2 aromatic carbocycles. The van der Waals surface area contributed by atoms with Gasteiger partial charge in [-0.2, -0.15) is 0 Å². The molecule has 26 heavy (non-hydrogen) atoms. The van der Waals surface area contributed by atoms with Gasteiger partial charge in [0.2, 0.25) is 15.9 Å². The lowest BCUT2D eigenvalue weighted by Gasteiger charge is -2.21. The minimum atomic E-state index is -3.71. The van der Waals surface area contributed by atoms with Gasteiger partial charge in [-0.05, 0) is 48.9 Å². The zero-order valence-electron chi connectivity index (χ0n) is 14.5. The summed E-state index contributed by atoms with van der Waals surface area (Å²) in [6, 6.07) is 10.9. The summed E-state index contributed by atoms with van der Waals surface area (Å²) in [6.07, 6.45) is 0. The van der Waals surface area contributed by atoms with Gasteiger partial charge in [0.05, 0.1) is 4.90 Å². The summed E-state index contributed by atoms with van der Waals surface area (Å²) in [4.78, 5) is 11.2. The van der Waals surface area contributed by atoms with Gasteiger partial charge in [-0.15, -0.1) is 0 Å². The average Bonchev–Trinajstić information content (AvgIpc) is 2.61. The molecule has 1 aliphatic heterocycles. The summed E-state index contributed by atoms with van der Waals surface area (Å²) in [5.74, 6) is 1.05. The van der Waals surface area contributed by atoms with Gasteiger partial charge >= 0.3 is 0 Å². The van der Waals surface area contributed by atoms with Crippen LogP contribution in [0.25, 0.3) is 0 Å². The number of nitrogens with one attached hydrogen (secondary N) is 2. The van der Waals surface area contributed by atoms with E-state index in [1.54, 1.807) is 37.3 Å². The Morgan fingerprint density at radius 3 is 2.35 bits per heavy atom. The molecule has 0 saturated heterocycles. The van der Waals surface area contributed by atoms with Gasteiger partial charge in [-0.1, -0.05) is 6.07 Å². The summed E-state index contributed by atoms with van der Waals surface area (Å²) >= 11 is 0. The Morgan fingerprint density at radius 1 is 1.04 bits per heavy atom. The second kappa shape index (κ2) is 7.35. The molecule has 7 nitrogen and oxygen atoms in total. The van der Waals surface area contributed by atoms with Crippen LogP contribution >= 0.6 is 0 Å².